The van der Waals surface area contributed by atoms with Gasteiger partial charge in [-0.15, -0.1) is 0 Å². The van der Waals surface area contributed by atoms with Crippen molar-refractivity contribution >= 4 is 57.3 Å². The van der Waals surface area contributed by atoms with E-state index in [9.17, 15) is 9.59 Å². The molecule has 0 spiro atoms. The predicted octanol–water partition coefficient (Wildman–Crippen LogP) is 7.11. The van der Waals surface area contributed by atoms with Gasteiger partial charge in [0.25, 0.3) is 5.91 Å². The first-order valence-electron chi connectivity index (χ1n) is 13.8. The van der Waals surface area contributed by atoms with Gasteiger partial charge in [-0.2, -0.15) is 0 Å². The van der Waals surface area contributed by atoms with Crippen LogP contribution in [0, 0.1) is 0 Å². The van der Waals surface area contributed by atoms with Crippen LogP contribution in [0.4, 0.5) is 23.0 Å². The highest BCUT2D eigenvalue weighted by molar-refractivity contribution is 6.33. The van der Waals surface area contributed by atoms with E-state index < -0.39 is 0 Å². The smallest absolute Gasteiger partial charge is 0.255 e. The number of amides is 2. The van der Waals surface area contributed by atoms with Gasteiger partial charge in [-0.25, -0.2) is 9.97 Å². The molecule has 2 heterocycles. The van der Waals surface area contributed by atoms with Crippen LogP contribution in [0.25, 0.3) is 22.2 Å². The summed E-state index contributed by atoms with van der Waals surface area (Å²) in [6, 6.07) is 22.3. The number of aromatic nitrogens is 3. The second-order valence-electron chi connectivity index (χ2n) is 10.3. The van der Waals surface area contributed by atoms with E-state index in [2.05, 4.69) is 49.6 Å². The number of benzene rings is 3. The van der Waals surface area contributed by atoms with Crippen LogP contribution in [0.3, 0.4) is 0 Å². The summed E-state index contributed by atoms with van der Waals surface area (Å²) >= 11 is 6.47. The standard InChI is InChI=1S/C33H32ClN7O2/c1-21(2)41(3)17-7-12-30(42)37-23-15-13-22(14-16-23)32(43)38-24-8-6-9-25(18-24)39-33-36-20-28(34)31(40-33)27-19-35-29-11-5-4-10-26(27)29/h4-16,18-21,35H,17H2,1-3H3,(H,37,42)(H,38,43)(H,36,39,40)/b12-7+. The number of likely N-dealkylation sites (N-methyl/N-ethyl adjacent to an activating group) is 1. The van der Waals surface area contributed by atoms with E-state index in [4.69, 9.17) is 11.6 Å². The summed E-state index contributed by atoms with van der Waals surface area (Å²) in [5.74, 6) is -0.138. The minimum absolute atomic E-state index is 0.225. The molecule has 0 saturated carbocycles. The van der Waals surface area contributed by atoms with E-state index in [0.29, 0.717) is 51.9 Å². The lowest BCUT2D eigenvalue weighted by atomic mass is 10.1. The first kappa shape index (κ1) is 29.5. The number of fused-ring (bicyclic) bond motifs is 1. The van der Waals surface area contributed by atoms with Gasteiger partial charge in [0.1, 0.15) is 0 Å². The Labute approximate surface area is 255 Å². The third kappa shape index (κ3) is 7.45. The van der Waals surface area contributed by atoms with Crippen molar-refractivity contribution in [1.29, 1.82) is 0 Å². The van der Waals surface area contributed by atoms with Crippen LogP contribution in [-0.2, 0) is 4.79 Å². The Balaban J connectivity index is 1.21. The monoisotopic (exact) mass is 593 g/mol. The van der Waals surface area contributed by atoms with E-state index in [0.717, 1.165) is 16.5 Å². The van der Waals surface area contributed by atoms with Gasteiger partial charge in [0.15, 0.2) is 0 Å². The molecule has 43 heavy (non-hydrogen) atoms. The minimum atomic E-state index is -0.281. The summed E-state index contributed by atoms with van der Waals surface area (Å²) in [6.07, 6.45) is 6.78. The number of aromatic amines is 1. The molecule has 10 heteroatoms. The zero-order chi connectivity index (χ0) is 30.3. The van der Waals surface area contributed by atoms with Crippen molar-refractivity contribution in [2.24, 2.45) is 0 Å². The van der Waals surface area contributed by atoms with Crippen LogP contribution < -0.4 is 16.0 Å². The Morgan fingerprint density at radius 3 is 2.53 bits per heavy atom. The van der Waals surface area contributed by atoms with Gasteiger partial charge in [-0.3, -0.25) is 9.59 Å². The summed E-state index contributed by atoms with van der Waals surface area (Å²) in [5.41, 5.74) is 4.81. The lowest BCUT2D eigenvalue weighted by molar-refractivity contribution is -0.111. The van der Waals surface area contributed by atoms with Crippen molar-refractivity contribution in [1.82, 2.24) is 19.9 Å². The Morgan fingerprint density at radius 2 is 1.74 bits per heavy atom. The largest absolute Gasteiger partial charge is 0.360 e. The molecule has 0 atom stereocenters. The highest BCUT2D eigenvalue weighted by atomic mass is 35.5. The van der Waals surface area contributed by atoms with Crippen molar-refractivity contribution in [3.8, 4) is 11.3 Å². The SMILES string of the molecule is CC(C)N(C)C/C=C/C(=O)Nc1ccc(C(=O)Nc2cccc(Nc3ncc(Cl)c(-c4c[nH]c5ccccc45)n3)c2)cc1. The number of carbonyl (C=O) groups excluding carboxylic acids is 2. The van der Waals surface area contributed by atoms with Crippen LogP contribution in [-0.4, -0.2) is 51.3 Å². The van der Waals surface area contributed by atoms with E-state index >= 15 is 0 Å². The van der Waals surface area contributed by atoms with E-state index in [1.165, 1.54) is 6.08 Å². The van der Waals surface area contributed by atoms with Gasteiger partial charge in [-0.1, -0.05) is 41.9 Å². The van der Waals surface area contributed by atoms with Crippen LogP contribution in [0.2, 0.25) is 5.02 Å². The molecule has 3 aromatic carbocycles. The van der Waals surface area contributed by atoms with Crippen molar-refractivity contribution in [3.63, 3.8) is 0 Å². The molecule has 0 aliphatic heterocycles. The topological polar surface area (TPSA) is 115 Å². The van der Waals surface area contributed by atoms with Crippen molar-refractivity contribution in [2.75, 3.05) is 29.5 Å². The number of H-pyrrole nitrogens is 1. The highest BCUT2D eigenvalue weighted by Crippen LogP contribution is 2.32. The van der Waals surface area contributed by atoms with Crippen LogP contribution in [0.15, 0.2) is 97.3 Å². The number of nitrogens with one attached hydrogen (secondary N) is 4. The Bertz CT molecular complexity index is 1780. The third-order valence-electron chi connectivity index (χ3n) is 6.92. The second-order valence-corrected chi connectivity index (χ2v) is 10.7. The van der Waals surface area contributed by atoms with Gasteiger partial charge < -0.3 is 25.8 Å². The summed E-state index contributed by atoms with van der Waals surface area (Å²) in [6.45, 7) is 4.87. The Hall–Kier alpha value is -4.99. The van der Waals surface area contributed by atoms with Gasteiger partial charge >= 0.3 is 0 Å². The molecule has 0 radical (unpaired) electrons. The molecule has 5 aromatic rings. The van der Waals surface area contributed by atoms with E-state index in [1.807, 2.05) is 55.7 Å². The molecule has 2 aromatic heterocycles. The molecule has 5 rings (SSSR count). The van der Waals surface area contributed by atoms with Crippen LogP contribution in [0.5, 0.6) is 0 Å². The average Bonchev–Trinajstić information content (AvgIpc) is 3.42. The zero-order valence-electron chi connectivity index (χ0n) is 24.1. The number of halogens is 1. The third-order valence-corrected chi connectivity index (χ3v) is 7.20. The lowest BCUT2D eigenvalue weighted by Gasteiger charge is -2.18. The molecule has 218 valence electrons. The number of hydrogen-bond acceptors (Lipinski definition) is 6. The summed E-state index contributed by atoms with van der Waals surface area (Å²) in [5, 5.41) is 10.4. The first-order chi connectivity index (χ1) is 20.8. The van der Waals surface area contributed by atoms with Gasteiger partial charge in [-0.05, 0) is 69.4 Å². The van der Waals surface area contributed by atoms with Crippen LogP contribution >= 0.6 is 11.6 Å². The van der Waals surface area contributed by atoms with Crippen LogP contribution in [0.1, 0.15) is 24.2 Å². The molecule has 0 saturated heterocycles. The zero-order valence-corrected chi connectivity index (χ0v) is 24.8. The molecule has 0 unspecified atom stereocenters. The van der Waals surface area contributed by atoms with Crippen molar-refractivity contribution in [2.45, 2.75) is 19.9 Å². The van der Waals surface area contributed by atoms with E-state index in [1.54, 1.807) is 42.6 Å². The number of nitrogens with zero attached hydrogens (tertiary/aromatic N) is 3. The normalized spacial score (nSPS) is 11.4. The lowest BCUT2D eigenvalue weighted by Crippen LogP contribution is -2.26. The highest BCUT2D eigenvalue weighted by Gasteiger charge is 2.13. The summed E-state index contributed by atoms with van der Waals surface area (Å²) < 4.78 is 0. The molecule has 0 fully saturated rings. The maximum Gasteiger partial charge on any atom is 0.255 e. The fourth-order valence-electron chi connectivity index (χ4n) is 4.32. The molecule has 2 amide bonds. The van der Waals surface area contributed by atoms with Gasteiger partial charge in [0.2, 0.25) is 11.9 Å². The maximum absolute atomic E-state index is 12.9. The molecular formula is C33H32ClN7O2. The van der Waals surface area contributed by atoms with E-state index in [-0.39, 0.29) is 11.8 Å². The maximum atomic E-state index is 12.9. The first-order valence-corrected chi connectivity index (χ1v) is 14.2. The molecule has 0 aliphatic carbocycles. The molecular weight excluding hydrogens is 562 g/mol. The van der Waals surface area contributed by atoms with Crippen molar-refractivity contribution < 1.29 is 9.59 Å². The number of rotatable bonds is 10. The molecule has 0 bridgehead atoms. The molecule has 0 aliphatic rings. The predicted molar refractivity (Wildman–Crippen MR) is 174 cm³/mol. The summed E-state index contributed by atoms with van der Waals surface area (Å²) in [7, 11) is 2.00. The Kier molecular flexibility index (Phi) is 9.14. The minimum Gasteiger partial charge on any atom is -0.360 e. The molecule has 4 N–H and O–H groups in total. The van der Waals surface area contributed by atoms with Gasteiger partial charge in [0.05, 0.1) is 16.9 Å². The Morgan fingerprint density at radius 1 is 0.977 bits per heavy atom. The summed E-state index contributed by atoms with van der Waals surface area (Å²) in [4.78, 5) is 39.5. The van der Waals surface area contributed by atoms with Crippen molar-refractivity contribution in [3.05, 3.63) is 108 Å². The number of para-hydroxylation sites is 1. The molecule has 9 nitrogen and oxygen atoms in total. The average molecular weight is 594 g/mol. The quantitative estimate of drug-likeness (QED) is 0.128. The second kappa shape index (κ2) is 13.3. The fraction of sp³-hybridized carbons (Fsp3) is 0.152. The number of carbonyl (C=O) groups is 2. The fourth-order valence-corrected chi connectivity index (χ4v) is 4.51. The number of hydrogen-bond donors (Lipinski definition) is 4. The van der Waals surface area contributed by atoms with Gasteiger partial charge in [0, 0.05) is 64.0 Å². The number of anilines is 4.